The van der Waals surface area contributed by atoms with Gasteiger partial charge in [-0.2, -0.15) is 0 Å². The van der Waals surface area contributed by atoms with Crippen molar-refractivity contribution in [2.24, 2.45) is 0 Å². The first-order chi connectivity index (χ1) is 12.2. The fourth-order valence-electron chi connectivity index (χ4n) is 1.22. The van der Waals surface area contributed by atoms with Crippen molar-refractivity contribution in [3.05, 3.63) is 73.4 Å². The third-order valence-corrected chi connectivity index (χ3v) is 2.55. The van der Waals surface area contributed by atoms with Gasteiger partial charge in [-0.3, -0.25) is 0 Å². The number of carboxylic acids is 1. The highest BCUT2D eigenvalue weighted by Crippen LogP contribution is 2.15. The summed E-state index contributed by atoms with van der Waals surface area (Å²) in [6.45, 7) is 15.1. The quantitative estimate of drug-likeness (QED) is 0.610. The molecule has 26 heavy (non-hydrogen) atoms. The van der Waals surface area contributed by atoms with Gasteiger partial charge in [-0.15, -0.1) is 0 Å². The first-order valence-electron chi connectivity index (χ1n) is 7.75. The largest absolute Gasteiger partial charge is 0.478 e. The number of rotatable bonds is 6. The van der Waals surface area contributed by atoms with E-state index in [4.69, 9.17) is 9.84 Å². The molecule has 0 saturated heterocycles. The van der Waals surface area contributed by atoms with Gasteiger partial charge in [-0.05, 0) is 26.3 Å². The first-order valence-corrected chi connectivity index (χ1v) is 7.75. The normalized spacial score (nSPS) is 9.65. The molecule has 0 radical (unpaired) electrons. The summed E-state index contributed by atoms with van der Waals surface area (Å²) in [5, 5.41) is 7.89. The summed E-state index contributed by atoms with van der Waals surface area (Å²) >= 11 is 0. The topological polar surface area (TPSA) is 89.9 Å². The number of hydrogen-bond donors (Lipinski definition) is 1. The van der Waals surface area contributed by atoms with Crippen LogP contribution in [0.3, 0.4) is 0 Å². The minimum absolute atomic E-state index is 0.176. The van der Waals surface area contributed by atoms with E-state index in [9.17, 15) is 14.4 Å². The van der Waals surface area contributed by atoms with Crippen LogP contribution in [0.5, 0.6) is 0 Å². The van der Waals surface area contributed by atoms with Crippen molar-refractivity contribution in [3.63, 3.8) is 0 Å². The van der Waals surface area contributed by atoms with Crippen LogP contribution in [0.2, 0.25) is 0 Å². The third-order valence-electron chi connectivity index (χ3n) is 2.55. The van der Waals surface area contributed by atoms with Crippen molar-refractivity contribution in [2.45, 2.75) is 26.9 Å². The molecule has 6 heteroatoms. The smallest absolute Gasteiger partial charge is 0.330 e. The van der Waals surface area contributed by atoms with Gasteiger partial charge in [-0.1, -0.05) is 50.1 Å². The Bertz CT molecular complexity index is 592. The molecule has 0 saturated carbocycles. The molecule has 0 bridgehead atoms. The number of ether oxygens (including phenoxy) is 2. The Kier molecular flexibility index (Phi) is 14.8. The molecule has 0 aliphatic carbocycles. The maximum absolute atomic E-state index is 10.9. The van der Waals surface area contributed by atoms with Gasteiger partial charge in [0.2, 0.25) is 0 Å². The summed E-state index contributed by atoms with van der Waals surface area (Å²) in [5.41, 5.74) is 1.16. The minimum Gasteiger partial charge on any atom is -0.478 e. The summed E-state index contributed by atoms with van der Waals surface area (Å²) in [6.07, 6.45) is 2.09. The number of aliphatic carboxylic acids is 1. The molecule has 0 aliphatic heterocycles. The second kappa shape index (κ2) is 15.4. The molecule has 0 heterocycles. The molecule has 1 atom stereocenters. The number of hydrogen-bond acceptors (Lipinski definition) is 5. The predicted molar refractivity (Wildman–Crippen MR) is 100 cm³/mol. The monoisotopic (exact) mass is 362 g/mol. The van der Waals surface area contributed by atoms with Crippen LogP contribution >= 0.6 is 0 Å². The van der Waals surface area contributed by atoms with Gasteiger partial charge in [0.15, 0.2) is 0 Å². The maximum Gasteiger partial charge on any atom is 0.330 e. The van der Waals surface area contributed by atoms with Crippen molar-refractivity contribution in [2.75, 3.05) is 6.61 Å². The van der Waals surface area contributed by atoms with Gasteiger partial charge < -0.3 is 14.6 Å². The number of carbonyl (C=O) groups excluding carboxylic acids is 2. The zero-order chi connectivity index (χ0) is 20.5. The fourth-order valence-corrected chi connectivity index (χ4v) is 1.22. The third kappa shape index (κ3) is 14.4. The lowest BCUT2D eigenvalue weighted by Crippen LogP contribution is -2.05. The summed E-state index contributed by atoms with van der Waals surface area (Å²) in [7, 11) is 0. The Balaban J connectivity index is 0. The zero-order valence-corrected chi connectivity index (χ0v) is 15.4. The van der Waals surface area contributed by atoms with Gasteiger partial charge in [0.1, 0.15) is 6.10 Å². The highest BCUT2D eigenvalue weighted by atomic mass is 16.5. The van der Waals surface area contributed by atoms with Crippen molar-refractivity contribution >= 4 is 17.9 Å². The lowest BCUT2D eigenvalue weighted by atomic mass is 10.1. The first kappa shape index (κ1) is 25.1. The van der Waals surface area contributed by atoms with Crippen LogP contribution in [-0.4, -0.2) is 29.6 Å². The molecule has 0 aromatic heterocycles. The molecule has 1 unspecified atom stereocenters. The van der Waals surface area contributed by atoms with Crippen molar-refractivity contribution in [3.8, 4) is 0 Å². The number of benzene rings is 1. The van der Waals surface area contributed by atoms with Crippen molar-refractivity contribution < 1.29 is 29.0 Å². The van der Waals surface area contributed by atoms with E-state index in [2.05, 4.69) is 24.5 Å². The Labute approximate surface area is 154 Å². The van der Waals surface area contributed by atoms with Gasteiger partial charge in [0.05, 0.1) is 6.61 Å². The molecule has 1 aromatic carbocycles. The van der Waals surface area contributed by atoms with Crippen LogP contribution in [0.15, 0.2) is 67.8 Å². The molecule has 0 fully saturated rings. The molecule has 6 nitrogen and oxygen atoms in total. The molecule has 1 N–H and O–H groups in total. The van der Waals surface area contributed by atoms with E-state index >= 15 is 0 Å². The van der Waals surface area contributed by atoms with Gasteiger partial charge >= 0.3 is 17.9 Å². The minimum atomic E-state index is -0.935. The average Bonchev–Trinajstić information content (AvgIpc) is 2.63. The van der Waals surface area contributed by atoms with Gasteiger partial charge in [0, 0.05) is 17.7 Å². The summed E-state index contributed by atoms with van der Waals surface area (Å²) < 4.78 is 9.46. The van der Waals surface area contributed by atoms with E-state index in [0.717, 1.165) is 11.6 Å². The molecule has 0 amide bonds. The maximum atomic E-state index is 10.9. The lowest BCUT2D eigenvalue weighted by molar-refractivity contribution is -0.142. The molecule has 1 rings (SSSR count). The van der Waals surface area contributed by atoms with Crippen LogP contribution in [0, 0.1) is 0 Å². The Morgan fingerprint density at radius 2 is 1.58 bits per heavy atom. The summed E-state index contributed by atoms with van der Waals surface area (Å²) in [6, 6.07) is 9.58. The van der Waals surface area contributed by atoms with Crippen LogP contribution < -0.4 is 0 Å². The number of carboxylic acid groups (broad SMARTS) is 1. The predicted octanol–water partition coefficient (Wildman–Crippen LogP) is 3.86. The molecular weight excluding hydrogens is 336 g/mol. The van der Waals surface area contributed by atoms with Crippen LogP contribution in [0.1, 0.15) is 32.4 Å². The van der Waals surface area contributed by atoms with Crippen LogP contribution in [0.25, 0.3) is 0 Å². The van der Waals surface area contributed by atoms with Crippen molar-refractivity contribution in [1.82, 2.24) is 0 Å². The Hall–Kier alpha value is -3.15. The Morgan fingerprint density at radius 1 is 1.12 bits per heavy atom. The van der Waals surface area contributed by atoms with E-state index in [1.165, 1.54) is 13.0 Å². The highest BCUT2D eigenvalue weighted by molar-refractivity contribution is 5.84. The Morgan fingerprint density at radius 3 is 1.88 bits per heavy atom. The van der Waals surface area contributed by atoms with E-state index in [1.807, 2.05) is 37.3 Å². The molecular formula is C20H26O6. The van der Waals surface area contributed by atoms with E-state index in [-0.39, 0.29) is 17.6 Å². The van der Waals surface area contributed by atoms with Crippen LogP contribution in [-0.2, 0) is 23.9 Å². The second-order valence-electron chi connectivity index (χ2n) is 4.74. The average molecular weight is 362 g/mol. The standard InChI is InChI=1S/C11H12O2.C5H8O2.C4H6O2/c1-3-11(12)13-9(2)10-7-5-4-6-8-10;1-3-5(6)7-4-2;1-3(2)4(5)6/h3-9H,1H2,2H3;3H,1,4H2,2H3;1H2,2H3,(H,5,6). The second-order valence-corrected chi connectivity index (χ2v) is 4.74. The van der Waals surface area contributed by atoms with Gasteiger partial charge in [-0.25, -0.2) is 14.4 Å². The van der Waals surface area contributed by atoms with Crippen molar-refractivity contribution in [1.29, 1.82) is 0 Å². The molecule has 142 valence electrons. The summed E-state index contributed by atoms with van der Waals surface area (Å²) in [5.74, 6) is -1.69. The highest BCUT2D eigenvalue weighted by Gasteiger charge is 2.07. The molecule has 0 aliphatic rings. The molecule has 0 spiro atoms. The lowest BCUT2D eigenvalue weighted by Gasteiger charge is -2.11. The number of carbonyl (C=O) groups is 3. The van der Waals surface area contributed by atoms with Crippen LogP contribution in [0.4, 0.5) is 0 Å². The van der Waals surface area contributed by atoms with E-state index in [1.54, 1.807) is 6.92 Å². The fraction of sp³-hybridized carbons (Fsp3) is 0.250. The summed E-state index contributed by atoms with van der Waals surface area (Å²) in [4.78, 5) is 30.5. The van der Waals surface area contributed by atoms with Gasteiger partial charge in [0.25, 0.3) is 0 Å². The van der Waals surface area contributed by atoms with E-state index in [0.29, 0.717) is 6.61 Å². The SMILES string of the molecule is C=C(C)C(=O)O.C=CC(=O)OC(C)c1ccccc1.C=CC(=O)OCC. The number of esters is 2. The van der Waals surface area contributed by atoms with E-state index < -0.39 is 11.9 Å². The molecule has 1 aromatic rings. The zero-order valence-electron chi connectivity index (χ0n) is 15.4.